The Balaban J connectivity index is 1.86. The van der Waals surface area contributed by atoms with Crippen molar-refractivity contribution >= 4 is 51.2 Å². The fraction of sp³-hybridized carbons (Fsp3) is 0.286. The van der Waals surface area contributed by atoms with Crippen molar-refractivity contribution < 1.29 is 0 Å². The van der Waals surface area contributed by atoms with Crippen molar-refractivity contribution in [2.75, 3.05) is 5.32 Å². The molecule has 1 aromatic heterocycles. The molecule has 1 aromatic carbocycles. The van der Waals surface area contributed by atoms with Crippen LogP contribution in [0.5, 0.6) is 0 Å². The van der Waals surface area contributed by atoms with Gasteiger partial charge in [-0.1, -0.05) is 17.7 Å². The van der Waals surface area contributed by atoms with Gasteiger partial charge in [-0.3, -0.25) is 0 Å². The van der Waals surface area contributed by atoms with E-state index in [1.54, 1.807) is 4.88 Å². The first-order valence-electron chi connectivity index (χ1n) is 6.02. The van der Waals surface area contributed by atoms with Gasteiger partial charge >= 0.3 is 0 Å². The highest BCUT2D eigenvalue weighted by Crippen LogP contribution is 2.38. The third-order valence-corrected chi connectivity index (χ3v) is 5.46. The predicted octanol–water partition coefficient (Wildman–Crippen LogP) is 5.50. The molecule has 3 rings (SSSR count). The molecule has 94 valence electrons. The molecule has 1 aliphatic carbocycles. The molecule has 0 radical (unpaired) electrons. The summed E-state index contributed by atoms with van der Waals surface area (Å²) in [6.07, 6.45) is 3.70. The highest BCUT2D eigenvalue weighted by Gasteiger charge is 2.22. The molecule has 0 amide bonds. The SMILES string of the molecule is Clc1cccc(NC2CCCc3sc(I)cc32)c1. The maximum absolute atomic E-state index is 6.03. The van der Waals surface area contributed by atoms with Gasteiger partial charge in [-0.15, -0.1) is 11.3 Å². The third kappa shape index (κ3) is 2.68. The van der Waals surface area contributed by atoms with Gasteiger partial charge in [-0.05, 0) is 71.7 Å². The van der Waals surface area contributed by atoms with Crippen molar-refractivity contribution in [3.63, 3.8) is 0 Å². The van der Waals surface area contributed by atoms with Crippen molar-refractivity contribution in [3.05, 3.63) is 48.7 Å². The molecule has 1 N–H and O–H groups in total. The minimum atomic E-state index is 0.437. The zero-order valence-electron chi connectivity index (χ0n) is 9.75. The Morgan fingerprint density at radius 2 is 2.22 bits per heavy atom. The van der Waals surface area contributed by atoms with E-state index in [-0.39, 0.29) is 0 Å². The van der Waals surface area contributed by atoms with E-state index in [0.717, 1.165) is 10.7 Å². The predicted molar refractivity (Wildman–Crippen MR) is 87.8 cm³/mol. The van der Waals surface area contributed by atoms with Gasteiger partial charge in [0.15, 0.2) is 0 Å². The Kier molecular flexibility index (Phi) is 3.82. The highest BCUT2D eigenvalue weighted by atomic mass is 127. The van der Waals surface area contributed by atoms with Crippen molar-refractivity contribution in [1.82, 2.24) is 0 Å². The van der Waals surface area contributed by atoms with Gasteiger partial charge in [0, 0.05) is 15.6 Å². The molecule has 0 bridgehead atoms. The van der Waals surface area contributed by atoms with E-state index < -0.39 is 0 Å². The van der Waals surface area contributed by atoms with Crippen molar-refractivity contribution in [1.29, 1.82) is 0 Å². The van der Waals surface area contributed by atoms with Crippen LogP contribution < -0.4 is 5.32 Å². The molecule has 0 saturated heterocycles. The summed E-state index contributed by atoms with van der Waals surface area (Å²) < 4.78 is 1.39. The number of rotatable bonds is 2. The molecule has 0 aliphatic heterocycles. The van der Waals surface area contributed by atoms with Gasteiger partial charge in [0.2, 0.25) is 0 Å². The van der Waals surface area contributed by atoms with Crippen LogP contribution in [-0.2, 0) is 6.42 Å². The van der Waals surface area contributed by atoms with E-state index in [9.17, 15) is 0 Å². The third-order valence-electron chi connectivity index (χ3n) is 3.25. The summed E-state index contributed by atoms with van der Waals surface area (Å²) in [7, 11) is 0. The minimum absolute atomic E-state index is 0.437. The number of aryl methyl sites for hydroxylation is 1. The van der Waals surface area contributed by atoms with Gasteiger partial charge < -0.3 is 5.32 Å². The quantitative estimate of drug-likeness (QED) is 0.669. The molecule has 1 unspecified atom stereocenters. The summed E-state index contributed by atoms with van der Waals surface area (Å²) in [5, 5.41) is 4.40. The number of fused-ring (bicyclic) bond motifs is 1. The van der Waals surface area contributed by atoms with Crippen LogP contribution in [0.25, 0.3) is 0 Å². The first kappa shape index (κ1) is 12.8. The van der Waals surface area contributed by atoms with Gasteiger partial charge in [0.05, 0.1) is 8.93 Å². The van der Waals surface area contributed by atoms with Gasteiger partial charge in [-0.2, -0.15) is 0 Å². The molecular weight excluding hydrogens is 377 g/mol. The summed E-state index contributed by atoms with van der Waals surface area (Å²) in [4.78, 5) is 1.55. The number of hydrogen-bond donors (Lipinski definition) is 1. The van der Waals surface area contributed by atoms with Gasteiger partial charge in [0.25, 0.3) is 0 Å². The Hall–Kier alpha value is -0.260. The number of thiophene rings is 1. The van der Waals surface area contributed by atoms with Crippen LogP contribution in [0, 0.1) is 2.88 Å². The summed E-state index contributed by atoms with van der Waals surface area (Å²) in [5.41, 5.74) is 2.59. The molecule has 4 heteroatoms. The summed E-state index contributed by atoms with van der Waals surface area (Å²) in [6.45, 7) is 0. The van der Waals surface area contributed by atoms with Crippen LogP contribution in [0.4, 0.5) is 5.69 Å². The van der Waals surface area contributed by atoms with Crippen LogP contribution in [0.3, 0.4) is 0 Å². The fourth-order valence-electron chi connectivity index (χ4n) is 2.45. The molecule has 1 heterocycles. The van der Waals surface area contributed by atoms with E-state index in [1.807, 2.05) is 29.5 Å². The lowest BCUT2D eigenvalue weighted by molar-refractivity contribution is 0.609. The van der Waals surface area contributed by atoms with E-state index >= 15 is 0 Å². The van der Waals surface area contributed by atoms with Crippen LogP contribution in [-0.4, -0.2) is 0 Å². The van der Waals surface area contributed by atoms with Gasteiger partial charge in [0.1, 0.15) is 0 Å². The second-order valence-electron chi connectivity index (χ2n) is 4.53. The maximum atomic E-state index is 6.03. The van der Waals surface area contributed by atoms with Crippen LogP contribution in [0.1, 0.15) is 29.3 Å². The average molecular weight is 390 g/mol. The molecule has 1 nitrogen and oxygen atoms in total. The lowest BCUT2D eigenvalue weighted by atomic mass is 9.94. The molecule has 1 aliphatic rings. The standard InChI is InChI=1S/C14H13ClINS/c15-9-3-1-4-10(7-9)17-12-5-2-6-13-11(12)8-14(16)18-13/h1,3-4,7-8,12,17H,2,5-6H2. The molecule has 18 heavy (non-hydrogen) atoms. The normalized spacial score (nSPS) is 18.4. The number of anilines is 1. The molecule has 2 aromatic rings. The van der Waals surface area contributed by atoms with Gasteiger partial charge in [-0.25, -0.2) is 0 Å². The monoisotopic (exact) mass is 389 g/mol. The van der Waals surface area contributed by atoms with Crippen LogP contribution >= 0.6 is 45.5 Å². The zero-order chi connectivity index (χ0) is 12.5. The summed E-state index contributed by atoms with van der Waals surface area (Å²) in [6, 6.07) is 10.7. The van der Waals surface area contributed by atoms with Crippen LogP contribution in [0.15, 0.2) is 30.3 Å². The lowest BCUT2D eigenvalue weighted by Crippen LogP contribution is -2.15. The van der Waals surface area contributed by atoms with Crippen LogP contribution in [0.2, 0.25) is 5.02 Å². The highest BCUT2D eigenvalue weighted by molar-refractivity contribution is 14.1. The first-order valence-corrected chi connectivity index (χ1v) is 8.30. The largest absolute Gasteiger partial charge is 0.378 e. The molecule has 0 fully saturated rings. The number of halogens is 2. The topological polar surface area (TPSA) is 12.0 Å². The lowest BCUT2D eigenvalue weighted by Gasteiger charge is -2.24. The summed E-state index contributed by atoms with van der Waals surface area (Å²) in [5.74, 6) is 0. The number of nitrogens with one attached hydrogen (secondary N) is 1. The second-order valence-corrected chi connectivity index (χ2v) is 8.00. The average Bonchev–Trinajstić information content (AvgIpc) is 2.71. The Labute approximate surface area is 130 Å². The number of benzene rings is 1. The zero-order valence-corrected chi connectivity index (χ0v) is 13.5. The second kappa shape index (κ2) is 5.39. The Morgan fingerprint density at radius 1 is 1.33 bits per heavy atom. The van der Waals surface area contributed by atoms with E-state index in [1.165, 1.54) is 27.7 Å². The van der Waals surface area contributed by atoms with Crippen molar-refractivity contribution in [3.8, 4) is 0 Å². The maximum Gasteiger partial charge on any atom is 0.0660 e. The molecule has 0 spiro atoms. The van der Waals surface area contributed by atoms with Crippen molar-refractivity contribution in [2.45, 2.75) is 25.3 Å². The molecule has 0 saturated carbocycles. The smallest absolute Gasteiger partial charge is 0.0660 e. The summed E-state index contributed by atoms with van der Waals surface area (Å²) >= 11 is 10.4. The Bertz CT molecular complexity index is 567. The van der Waals surface area contributed by atoms with Crippen molar-refractivity contribution in [2.24, 2.45) is 0 Å². The van der Waals surface area contributed by atoms with E-state index in [4.69, 9.17) is 11.6 Å². The first-order chi connectivity index (χ1) is 8.72. The van der Waals surface area contributed by atoms with E-state index in [2.05, 4.69) is 40.0 Å². The fourth-order valence-corrected chi connectivity index (χ4v) is 4.76. The molecule has 1 atom stereocenters. The Morgan fingerprint density at radius 3 is 3.06 bits per heavy atom. The minimum Gasteiger partial charge on any atom is -0.378 e. The number of hydrogen-bond acceptors (Lipinski definition) is 2. The van der Waals surface area contributed by atoms with E-state index in [0.29, 0.717) is 6.04 Å². The molecular formula is C14H13ClINS.